The summed E-state index contributed by atoms with van der Waals surface area (Å²) in [5.74, 6) is 1.20. The van der Waals surface area contributed by atoms with E-state index in [1.807, 2.05) is 0 Å². The maximum Gasteiger partial charge on any atom is 0.243 e. The number of methoxy groups -OCH3 is 4. The molecule has 188 valence electrons. The van der Waals surface area contributed by atoms with E-state index < -0.39 is 26.2 Å². The summed E-state index contributed by atoms with van der Waals surface area (Å²) in [6.07, 6.45) is -1.24. The van der Waals surface area contributed by atoms with Gasteiger partial charge < -0.3 is 24.1 Å². The predicted octanol–water partition coefficient (Wildman–Crippen LogP) is 0.777. The lowest BCUT2D eigenvalue weighted by Gasteiger charge is -2.22. The van der Waals surface area contributed by atoms with Gasteiger partial charge in [0.1, 0.15) is 0 Å². The van der Waals surface area contributed by atoms with Crippen LogP contribution >= 0.6 is 0 Å². The minimum Gasteiger partial charge on any atom is -0.493 e. The summed E-state index contributed by atoms with van der Waals surface area (Å²) < 4.78 is 75.8. The van der Waals surface area contributed by atoms with E-state index in [0.717, 1.165) is 8.61 Å². The molecule has 1 aliphatic heterocycles. The van der Waals surface area contributed by atoms with Crippen LogP contribution in [0.5, 0.6) is 23.0 Å². The first-order valence-corrected chi connectivity index (χ1v) is 13.1. The number of β-amino-alcohol motifs (C(OH)–C–C–N with tert-alkyl or cyclic N) is 1. The van der Waals surface area contributed by atoms with Gasteiger partial charge in [-0.3, -0.25) is 0 Å². The zero-order valence-corrected chi connectivity index (χ0v) is 20.9. The summed E-state index contributed by atoms with van der Waals surface area (Å²) in [5, 5.41) is 10.5. The third kappa shape index (κ3) is 5.08. The minimum atomic E-state index is -4.05. The fourth-order valence-electron chi connectivity index (χ4n) is 3.62. The maximum absolute atomic E-state index is 13.3. The van der Waals surface area contributed by atoms with Crippen molar-refractivity contribution in [3.63, 3.8) is 0 Å². The lowest BCUT2D eigenvalue weighted by atomic mass is 10.3. The van der Waals surface area contributed by atoms with Gasteiger partial charge in [0.25, 0.3) is 0 Å². The molecule has 0 atom stereocenters. The van der Waals surface area contributed by atoms with E-state index in [9.17, 15) is 21.9 Å². The van der Waals surface area contributed by atoms with Crippen LogP contribution in [0.2, 0.25) is 0 Å². The Morgan fingerprint density at radius 3 is 1.35 bits per heavy atom. The first-order valence-electron chi connectivity index (χ1n) is 10.2. The van der Waals surface area contributed by atoms with Gasteiger partial charge in [-0.15, -0.1) is 0 Å². The van der Waals surface area contributed by atoms with Gasteiger partial charge in [0.15, 0.2) is 23.0 Å². The molecule has 0 aliphatic carbocycles. The van der Waals surface area contributed by atoms with E-state index in [1.54, 1.807) is 0 Å². The SMILES string of the molecule is COc1ccc(S(=O)(=O)N2CCN(S(=O)(=O)c3ccc(OC)c(OC)c3)CC(O)C2)cc1OC. The van der Waals surface area contributed by atoms with Crippen LogP contribution in [0, 0.1) is 0 Å². The van der Waals surface area contributed by atoms with Crippen LogP contribution in [0.4, 0.5) is 0 Å². The summed E-state index contributed by atoms with van der Waals surface area (Å²) >= 11 is 0. The van der Waals surface area contributed by atoms with Crippen molar-refractivity contribution in [2.75, 3.05) is 54.6 Å². The van der Waals surface area contributed by atoms with E-state index in [-0.39, 0.29) is 47.5 Å². The van der Waals surface area contributed by atoms with Crippen LogP contribution in [-0.4, -0.2) is 91.3 Å². The van der Waals surface area contributed by atoms with Crippen molar-refractivity contribution in [1.82, 2.24) is 8.61 Å². The number of hydrogen-bond donors (Lipinski definition) is 1. The standard InChI is InChI=1S/C21H28N2O9S2/c1-29-18-7-5-16(11-20(18)31-3)33(25,26)22-9-10-23(14-15(24)13-22)34(27,28)17-6-8-19(30-2)21(12-17)32-4/h5-8,11-12,15,24H,9-10,13-14H2,1-4H3. The number of aliphatic hydroxyl groups is 1. The molecule has 1 N–H and O–H groups in total. The molecule has 1 heterocycles. The quantitative estimate of drug-likeness (QED) is 0.540. The largest absolute Gasteiger partial charge is 0.493 e. The molecule has 2 aromatic rings. The molecule has 0 amide bonds. The summed E-state index contributed by atoms with van der Waals surface area (Å²) in [7, 11) is -2.45. The fraction of sp³-hybridized carbons (Fsp3) is 0.429. The van der Waals surface area contributed by atoms with E-state index >= 15 is 0 Å². The molecule has 0 unspecified atom stereocenters. The zero-order valence-electron chi connectivity index (χ0n) is 19.3. The molecule has 0 bridgehead atoms. The Labute approximate surface area is 199 Å². The molecule has 34 heavy (non-hydrogen) atoms. The molecule has 0 radical (unpaired) electrons. The van der Waals surface area contributed by atoms with E-state index in [4.69, 9.17) is 18.9 Å². The van der Waals surface area contributed by atoms with Crippen LogP contribution in [0.15, 0.2) is 46.2 Å². The van der Waals surface area contributed by atoms with Gasteiger partial charge in [-0.05, 0) is 24.3 Å². The van der Waals surface area contributed by atoms with Crippen molar-refractivity contribution in [1.29, 1.82) is 0 Å². The van der Waals surface area contributed by atoms with E-state index in [2.05, 4.69) is 0 Å². The molecular formula is C21H28N2O9S2. The molecule has 0 spiro atoms. The number of hydrogen-bond acceptors (Lipinski definition) is 9. The van der Waals surface area contributed by atoms with Gasteiger partial charge in [-0.25, -0.2) is 16.8 Å². The van der Waals surface area contributed by atoms with Gasteiger partial charge in [0.05, 0.1) is 44.3 Å². The lowest BCUT2D eigenvalue weighted by Crippen LogP contribution is -2.37. The van der Waals surface area contributed by atoms with Gasteiger partial charge >= 0.3 is 0 Å². The highest BCUT2D eigenvalue weighted by atomic mass is 32.2. The number of rotatable bonds is 8. The highest BCUT2D eigenvalue weighted by Crippen LogP contribution is 2.33. The van der Waals surface area contributed by atoms with Gasteiger partial charge in [-0.2, -0.15) is 8.61 Å². The minimum absolute atomic E-state index is 0.0615. The second-order valence-corrected chi connectivity index (χ2v) is 11.3. The van der Waals surface area contributed by atoms with Crippen LogP contribution < -0.4 is 18.9 Å². The van der Waals surface area contributed by atoms with Gasteiger partial charge in [0.2, 0.25) is 20.0 Å². The topological polar surface area (TPSA) is 132 Å². The van der Waals surface area contributed by atoms with Crippen molar-refractivity contribution < 1.29 is 40.9 Å². The molecule has 11 nitrogen and oxygen atoms in total. The van der Waals surface area contributed by atoms with Crippen molar-refractivity contribution in [2.45, 2.75) is 15.9 Å². The Balaban J connectivity index is 1.88. The van der Waals surface area contributed by atoms with Crippen molar-refractivity contribution >= 4 is 20.0 Å². The average Bonchev–Trinajstić information content (AvgIpc) is 3.05. The highest BCUT2D eigenvalue weighted by molar-refractivity contribution is 7.89. The van der Waals surface area contributed by atoms with Crippen molar-refractivity contribution in [3.8, 4) is 23.0 Å². The van der Waals surface area contributed by atoms with Crippen LogP contribution in [0.3, 0.4) is 0 Å². The number of sulfonamides is 2. The Morgan fingerprint density at radius 1 is 0.676 bits per heavy atom. The number of nitrogens with zero attached hydrogens (tertiary/aromatic N) is 2. The summed E-state index contributed by atoms with van der Waals surface area (Å²) in [6, 6.07) is 8.31. The van der Waals surface area contributed by atoms with E-state index in [0.29, 0.717) is 11.5 Å². The lowest BCUT2D eigenvalue weighted by molar-refractivity contribution is 0.145. The monoisotopic (exact) mass is 516 g/mol. The molecule has 0 saturated carbocycles. The number of ether oxygens (including phenoxy) is 4. The summed E-state index contributed by atoms with van der Waals surface area (Å²) in [6.45, 7) is -0.843. The van der Waals surface area contributed by atoms with E-state index in [1.165, 1.54) is 64.8 Å². The zero-order chi connectivity index (χ0) is 25.1. The molecule has 0 aromatic heterocycles. The first-order chi connectivity index (χ1) is 16.1. The summed E-state index contributed by atoms with van der Waals surface area (Å²) in [4.78, 5) is -0.123. The molecule has 3 rings (SSSR count). The highest BCUT2D eigenvalue weighted by Gasteiger charge is 2.35. The second kappa shape index (κ2) is 10.4. The Hall–Kier alpha value is -2.58. The van der Waals surface area contributed by atoms with Gasteiger partial charge in [0, 0.05) is 38.3 Å². The molecule has 1 saturated heterocycles. The molecule has 1 fully saturated rings. The number of aliphatic hydroxyl groups excluding tert-OH is 1. The first kappa shape index (κ1) is 26.0. The van der Waals surface area contributed by atoms with Crippen LogP contribution in [0.1, 0.15) is 0 Å². The smallest absolute Gasteiger partial charge is 0.243 e. The van der Waals surface area contributed by atoms with Gasteiger partial charge in [-0.1, -0.05) is 0 Å². The molecule has 1 aliphatic rings. The maximum atomic E-state index is 13.3. The Morgan fingerprint density at radius 2 is 1.03 bits per heavy atom. The van der Waals surface area contributed by atoms with Crippen molar-refractivity contribution in [2.24, 2.45) is 0 Å². The molecule has 2 aromatic carbocycles. The van der Waals surface area contributed by atoms with Crippen LogP contribution in [-0.2, 0) is 20.0 Å². The summed E-state index contributed by atoms with van der Waals surface area (Å²) in [5.41, 5.74) is 0. The third-order valence-electron chi connectivity index (χ3n) is 5.41. The predicted molar refractivity (Wildman–Crippen MR) is 123 cm³/mol. The third-order valence-corrected chi connectivity index (χ3v) is 9.14. The molecule has 13 heteroatoms. The Kier molecular flexibility index (Phi) is 7.93. The Bertz CT molecular complexity index is 1140. The van der Waals surface area contributed by atoms with Crippen LogP contribution in [0.25, 0.3) is 0 Å². The fourth-order valence-corrected chi connectivity index (χ4v) is 6.59. The number of benzene rings is 2. The normalized spacial score (nSPS) is 16.6. The van der Waals surface area contributed by atoms with Crippen molar-refractivity contribution in [3.05, 3.63) is 36.4 Å². The molecular weight excluding hydrogens is 488 g/mol. The second-order valence-electron chi connectivity index (χ2n) is 7.41. The average molecular weight is 517 g/mol.